The topological polar surface area (TPSA) is 48.4 Å². The molecule has 0 bridgehead atoms. The third-order valence-electron chi connectivity index (χ3n) is 2.36. The van der Waals surface area contributed by atoms with Crippen molar-refractivity contribution in [1.29, 1.82) is 0 Å². The zero-order valence-corrected chi connectivity index (χ0v) is 10.7. The summed E-state index contributed by atoms with van der Waals surface area (Å²) >= 11 is 1.59. The molecule has 90 valence electrons. The Kier molecular flexibility index (Phi) is 3.64. The molecule has 4 heteroatoms. The maximum Gasteiger partial charge on any atom is 0.143 e. The van der Waals surface area contributed by atoms with E-state index in [4.69, 9.17) is 14.9 Å². The monoisotopic (exact) mass is 249 g/mol. The summed E-state index contributed by atoms with van der Waals surface area (Å²) in [6, 6.07) is 7.74. The Balaban J connectivity index is 2.27. The molecule has 0 radical (unpaired) electrons. The quantitative estimate of drug-likeness (QED) is 0.839. The van der Waals surface area contributed by atoms with Crippen molar-refractivity contribution in [3.05, 3.63) is 36.3 Å². The molecule has 17 heavy (non-hydrogen) atoms. The second-order valence-corrected chi connectivity index (χ2v) is 4.63. The minimum Gasteiger partial charge on any atom is -0.492 e. The molecule has 0 fully saturated rings. The van der Waals surface area contributed by atoms with Crippen LogP contribution in [0, 0.1) is 6.92 Å². The van der Waals surface area contributed by atoms with E-state index in [1.165, 1.54) is 0 Å². The molecule has 1 aromatic heterocycles. The normalized spacial score (nSPS) is 10.5. The van der Waals surface area contributed by atoms with Crippen molar-refractivity contribution in [2.45, 2.75) is 23.6 Å². The molecule has 2 aromatic rings. The van der Waals surface area contributed by atoms with Gasteiger partial charge < -0.3 is 14.9 Å². The van der Waals surface area contributed by atoms with E-state index in [-0.39, 0.29) is 0 Å². The van der Waals surface area contributed by atoms with E-state index in [2.05, 4.69) is 0 Å². The number of anilines is 1. The number of furan rings is 1. The number of benzene rings is 1. The zero-order chi connectivity index (χ0) is 12.3. The van der Waals surface area contributed by atoms with E-state index in [0.717, 1.165) is 21.3 Å². The van der Waals surface area contributed by atoms with Gasteiger partial charge in [0, 0.05) is 4.90 Å². The van der Waals surface area contributed by atoms with Crippen LogP contribution in [-0.4, -0.2) is 6.61 Å². The first-order chi connectivity index (χ1) is 8.22. The summed E-state index contributed by atoms with van der Waals surface area (Å²) in [4.78, 5) is 2.06. The lowest BCUT2D eigenvalue weighted by Gasteiger charge is -2.10. The lowest BCUT2D eigenvalue weighted by Crippen LogP contribution is -1.97. The zero-order valence-electron chi connectivity index (χ0n) is 9.90. The van der Waals surface area contributed by atoms with E-state index in [9.17, 15) is 0 Å². The molecule has 0 aliphatic carbocycles. The molecule has 0 saturated carbocycles. The predicted octanol–water partition coefficient (Wildman–Crippen LogP) is 3.72. The van der Waals surface area contributed by atoms with Gasteiger partial charge in [-0.15, -0.1) is 0 Å². The van der Waals surface area contributed by atoms with Crippen molar-refractivity contribution in [2.24, 2.45) is 0 Å². The SMILES string of the molecule is CCOc1cccc(Sc2ccoc2C)c1N. The van der Waals surface area contributed by atoms with Gasteiger partial charge in [-0.1, -0.05) is 17.8 Å². The molecule has 2 rings (SSSR count). The third-order valence-corrected chi connectivity index (χ3v) is 3.58. The molecule has 0 aliphatic heterocycles. The van der Waals surface area contributed by atoms with Crippen LogP contribution in [0.5, 0.6) is 5.75 Å². The predicted molar refractivity (Wildman–Crippen MR) is 69.6 cm³/mol. The van der Waals surface area contributed by atoms with Gasteiger partial charge in [-0.05, 0) is 32.0 Å². The summed E-state index contributed by atoms with van der Waals surface area (Å²) in [6.45, 7) is 4.49. The summed E-state index contributed by atoms with van der Waals surface area (Å²) in [7, 11) is 0. The number of nitrogen functional groups attached to an aromatic ring is 1. The standard InChI is InChI=1S/C13H15NO2S/c1-3-15-10-5-4-6-12(13(10)14)17-11-7-8-16-9(11)2/h4-8H,3,14H2,1-2H3. The average molecular weight is 249 g/mol. The van der Waals surface area contributed by atoms with Crippen LogP contribution in [0.25, 0.3) is 0 Å². The van der Waals surface area contributed by atoms with Crippen molar-refractivity contribution in [2.75, 3.05) is 12.3 Å². The van der Waals surface area contributed by atoms with E-state index >= 15 is 0 Å². The van der Waals surface area contributed by atoms with Crippen molar-refractivity contribution in [3.8, 4) is 5.75 Å². The highest BCUT2D eigenvalue weighted by Gasteiger charge is 2.09. The highest BCUT2D eigenvalue weighted by Crippen LogP contribution is 2.38. The van der Waals surface area contributed by atoms with Gasteiger partial charge in [0.05, 0.1) is 23.5 Å². The number of rotatable bonds is 4. The number of ether oxygens (including phenoxy) is 1. The molecule has 0 spiro atoms. The fourth-order valence-corrected chi connectivity index (χ4v) is 2.40. The van der Waals surface area contributed by atoms with Gasteiger partial charge in [-0.25, -0.2) is 0 Å². The van der Waals surface area contributed by atoms with E-state index in [1.807, 2.05) is 38.1 Å². The Morgan fingerprint density at radius 3 is 2.76 bits per heavy atom. The molecule has 1 heterocycles. The lowest BCUT2D eigenvalue weighted by atomic mass is 10.3. The van der Waals surface area contributed by atoms with E-state index in [1.54, 1.807) is 18.0 Å². The first-order valence-electron chi connectivity index (χ1n) is 5.45. The largest absolute Gasteiger partial charge is 0.492 e. The molecule has 0 aliphatic rings. The Labute approximate surface area is 105 Å². The van der Waals surface area contributed by atoms with E-state index in [0.29, 0.717) is 12.3 Å². The van der Waals surface area contributed by atoms with Crippen molar-refractivity contribution in [3.63, 3.8) is 0 Å². The summed E-state index contributed by atoms with van der Waals surface area (Å²) in [5.41, 5.74) is 6.74. The minimum atomic E-state index is 0.614. The Bertz CT molecular complexity index is 508. The summed E-state index contributed by atoms with van der Waals surface area (Å²) in [5.74, 6) is 1.63. The van der Waals surface area contributed by atoms with Crippen LogP contribution in [0.15, 0.2) is 44.7 Å². The molecule has 0 atom stereocenters. The van der Waals surface area contributed by atoms with Gasteiger partial charge in [0.2, 0.25) is 0 Å². The van der Waals surface area contributed by atoms with Crippen LogP contribution in [0.3, 0.4) is 0 Å². The highest BCUT2D eigenvalue weighted by molar-refractivity contribution is 7.99. The molecule has 2 N–H and O–H groups in total. The number of para-hydroxylation sites is 1. The third kappa shape index (κ3) is 2.58. The fourth-order valence-electron chi connectivity index (χ4n) is 1.49. The van der Waals surface area contributed by atoms with Crippen LogP contribution in [0.4, 0.5) is 5.69 Å². The lowest BCUT2D eigenvalue weighted by molar-refractivity contribution is 0.341. The number of hydrogen-bond donors (Lipinski definition) is 1. The van der Waals surface area contributed by atoms with Crippen molar-refractivity contribution in [1.82, 2.24) is 0 Å². The van der Waals surface area contributed by atoms with Gasteiger partial charge in [0.1, 0.15) is 11.5 Å². The summed E-state index contributed by atoms with van der Waals surface area (Å²) < 4.78 is 10.7. The van der Waals surface area contributed by atoms with Gasteiger partial charge in [0.15, 0.2) is 0 Å². The van der Waals surface area contributed by atoms with Gasteiger partial charge in [-0.2, -0.15) is 0 Å². The van der Waals surface area contributed by atoms with Gasteiger partial charge >= 0.3 is 0 Å². The second-order valence-electron chi connectivity index (χ2n) is 3.54. The highest BCUT2D eigenvalue weighted by atomic mass is 32.2. The summed E-state index contributed by atoms with van der Waals surface area (Å²) in [6.07, 6.45) is 1.68. The molecule has 0 unspecified atom stereocenters. The van der Waals surface area contributed by atoms with Crippen LogP contribution >= 0.6 is 11.8 Å². The minimum absolute atomic E-state index is 0.614. The Morgan fingerprint density at radius 2 is 2.12 bits per heavy atom. The van der Waals surface area contributed by atoms with Crippen LogP contribution < -0.4 is 10.5 Å². The number of nitrogens with two attached hydrogens (primary N) is 1. The van der Waals surface area contributed by atoms with Crippen LogP contribution in [0.1, 0.15) is 12.7 Å². The molecule has 3 nitrogen and oxygen atoms in total. The fraction of sp³-hybridized carbons (Fsp3) is 0.231. The smallest absolute Gasteiger partial charge is 0.143 e. The van der Waals surface area contributed by atoms with E-state index < -0.39 is 0 Å². The maximum atomic E-state index is 6.06. The maximum absolute atomic E-state index is 6.06. The average Bonchev–Trinajstić information content (AvgIpc) is 2.70. The summed E-state index contributed by atoms with van der Waals surface area (Å²) in [5, 5.41) is 0. The second kappa shape index (κ2) is 5.19. The first-order valence-corrected chi connectivity index (χ1v) is 6.27. The van der Waals surface area contributed by atoms with Crippen molar-refractivity contribution < 1.29 is 9.15 Å². The molecule has 1 aromatic carbocycles. The van der Waals surface area contributed by atoms with Gasteiger partial charge in [-0.3, -0.25) is 0 Å². The molecule has 0 amide bonds. The molecule has 0 saturated heterocycles. The molecular formula is C13H15NO2S. The van der Waals surface area contributed by atoms with Crippen LogP contribution in [0.2, 0.25) is 0 Å². The first kappa shape index (κ1) is 11.9. The van der Waals surface area contributed by atoms with Crippen molar-refractivity contribution >= 4 is 17.4 Å². The van der Waals surface area contributed by atoms with Crippen LogP contribution in [-0.2, 0) is 0 Å². The molecular weight excluding hydrogens is 234 g/mol. The Hall–Kier alpha value is -1.55. The number of aryl methyl sites for hydroxylation is 1. The number of hydrogen-bond acceptors (Lipinski definition) is 4. The van der Waals surface area contributed by atoms with Gasteiger partial charge in [0.25, 0.3) is 0 Å². The Morgan fingerprint density at radius 1 is 1.29 bits per heavy atom.